The van der Waals surface area contributed by atoms with E-state index in [0.29, 0.717) is 30.4 Å². The number of carbonyl (C=O) groups is 1. The zero-order valence-electron chi connectivity index (χ0n) is 13.2. The van der Waals surface area contributed by atoms with E-state index in [4.69, 9.17) is 0 Å². The number of halogens is 1. The van der Waals surface area contributed by atoms with Gasteiger partial charge in [0.1, 0.15) is 11.6 Å². The van der Waals surface area contributed by atoms with Crippen molar-refractivity contribution in [3.63, 3.8) is 0 Å². The minimum absolute atomic E-state index is 0.352. The molecule has 2 heterocycles. The van der Waals surface area contributed by atoms with Gasteiger partial charge in [-0.2, -0.15) is 5.10 Å². The van der Waals surface area contributed by atoms with Gasteiger partial charge in [-0.15, -0.1) is 10.2 Å². The molecule has 0 aliphatic heterocycles. The van der Waals surface area contributed by atoms with Crippen LogP contribution in [-0.4, -0.2) is 39.1 Å². The number of amides is 2. The maximum absolute atomic E-state index is 12.8. The van der Waals surface area contributed by atoms with E-state index in [2.05, 4.69) is 31.2 Å². The van der Waals surface area contributed by atoms with Crippen molar-refractivity contribution < 1.29 is 9.18 Å². The van der Waals surface area contributed by atoms with Crippen LogP contribution in [-0.2, 0) is 0 Å². The van der Waals surface area contributed by atoms with Gasteiger partial charge >= 0.3 is 6.03 Å². The Labute approximate surface area is 143 Å². The first-order valence-electron chi connectivity index (χ1n) is 7.59. The maximum Gasteiger partial charge on any atom is 0.319 e. The Hall–Kier alpha value is -3.49. The lowest BCUT2D eigenvalue weighted by Crippen LogP contribution is -2.32. The molecular formula is C16H16FN7O. The number of anilines is 2. The smallest absolute Gasteiger partial charge is 0.319 e. The molecule has 0 saturated carbocycles. The average molecular weight is 341 g/mol. The summed E-state index contributed by atoms with van der Waals surface area (Å²) in [4.78, 5) is 11.7. The van der Waals surface area contributed by atoms with Crippen molar-refractivity contribution in [3.8, 4) is 5.82 Å². The molecule has 0 saturated heterocycles. The lowest BCUT2D eigenvalue weighted by atomic mass is 10.3. The van der Waals surface area contributed by atoms with E-state index in [9.17, 15) is 9.18 Å². The maximum atomic E-state index is 12.8. The first-order chi connectivity index (χ1) is 12.2. The van der Waals surface area contributed by atoms with E-state index in [-0.39, 0.29) is 11.8 Å². The van der Waals surface area contributed by atoms with Crippen LogP contribution in [0.25, 0.3) is 5.82 Å². The molecule has 0 aliphatic carbocycles. The lowest BCUT2D eigenvalue weighted by molar-refractivity contribution is 0.252. The van der Waals surface area contributed by atoms with Gasteiger partial charge in [0.05, 0.1) is 0 Å². The second-order valence-electron chi connectivity index (χ2n) is 5.04. The summed E-state index contributed by atoms with van der Waals surface area (Å²) in [5.41, 5.74) is 0.520. The van der Waals surface area contributed by atoms with Gasteiger partial charge in [-0.1, -0.05) is 0 Å². The van der Waals surface area contributed by atoms with Crippen LogP contribution < -0.4 is 16.0 Å². The summed E-state index contributed by atoms with van der Waals surface area (Å²) in [7, 11) is 0. The molecule has 3 N–H and O–H groups in total. The number of aromatic nitrogens is 4. The third kappa shape index (κ3) is 4.74. The number of carbonyl (C=O) groups excluding carboxylic acids is 1. The van der Waals surface area contributed by atoms with Crippen LogP contribution in [0, 0.1) is 5.82 Å². The van der Waals surface area contributed by atoms with Crippen molar-refractivity contribution in [2.75, 3.05) is 23.7 Å². The molecule has 0 radical (unpaired) electrons. The number of nitrogens with zero attached hydrogens (tertiary/aromatic N) is 4. The highest BCUT2D eigenvalue weighted by atomic mass is 19.1. The fourth-order valence-corrected chi connectivity index (χ4v) is 2.02. The Morgan fingerprint density at radius 3 is 2.60 bits per heavy atom. The number of hydrogen-bond acceptors (Lipinski definition) is 5. The number of rotatable bonds is 6. The summed E-state index contributed by atoms with van der Waals surface area (Å²) in [6.45, 7) is 0.863. The van der Waals surface area contributed by atoms with E-state index in [1.165, 1.54) is 24.3 Å². The quantitative estimate of drug-likeness (QED) is 0.596. The first-order valence-corrected chi connectivity index (χ1v) is 7.59. The molecule has 0 fully saturated rings. The SMILES string of the molecule is O=C(NCCNc1ccc(-n2cccn2)nn1)Nc1ccc(F)cc1. The summed E-state index contributed by atoms with van der Waals surface area (Å²) >= 11 is 0. The molecule has 9 heteroatoms. The molecule has 8 nitrogen and oxygen atoms in total. The van der Waals surface area contributed by atoms with Gasteiger partial charge in [0.15, 0.2) is 5.82 Å². The highest BCUT2D eigenvalue weighted by molar-refractivity contribution is 5.89. The molecule has 3 rings (SSSR count). The predicted octanol–water partition coefficient (Wildman–Crippen LogP) is 2.03. The Morgan fingerprint density at radius 2 is 1.92 bits per heavy atom. The average Bonchev–Trinajstić information content (AvgIpc) is 3.16. The van der Waals surface area contributed by atoms with Crippen molar-refractivity contribution in [3.05, 3.63) is 60.7 Å². The van der Waals surface area contributed by atoms with E-state index in [0.717, 1.165) is 0 Å². The third-order valence-corrected chi connectivity index (χ3v) is 3.21. The second kappa shape index (κ2) is 7.86. The Bertz CT molecular complexity index is 804. The second-order valence-corrected chi connectivity index (χ2v) is 5.04. The van der Waals surface area contributed by atoms with E-state index >= 15 is 0 Å². The molecule has 0 atom stereocenters. The number of urea groups is 1. The van der Waals surface area contributed by atoms with Crippen molar-refractivity contribution in [2.45, 2.75) is 0 Å². The number of benzene rings is 1. The van der Waals surface area contributed by atoms with Crippen molar-refractivity contribution in [1.82, 2.24) is 25.3 Å². The van der Waals surface area contributed by atoms with Gasteiger partial charge in [-0.25, -0.2) is 13.9 Å². The summed E-state index contributed by atoms with van der Waals surface area (Å²) in [6, 6.07) is 10.5. The van der Waals surface area contributed by atoms with Gasteiger partial charge < -0.3 is 16.0 Å². The fraction of sp³-hybridized carbons (Fsp3) is 0.125. The summed E-state index contributed by atoms with van der Waals surface area (Å²) in [6.07, 6.45) is 3.44. The van der Waals surface area contributed by atoms with Crippen LogP contribution in [0.2, 0.25) is 0 Å². The van der Waals surface area contributed by atoms with Gasteiger partial charge in [-0.05, 0) is 42.5 Å². The van der Waals surface area contributed by atoms with Crippen LogP contribution in [0.4, 0.5) is 20.7 Å². The zero-order chi connectivity index (χ0) is 17.5. The van der Waals surface area contributed by atoms with Gasteiger partial charge in [0.2, 0.25) is 0 Å². The third-order valence-electron chi connectivity index (χ3n) is 3.21. The molecule has 0 unspecified atom stereocenters. The molecule has 128 valence electrons. The molecule has 1 aromatic carbocycles. The predicted molar refractivity (Wildman–Crippen MR) is 91.1 cm³/mol. The van der Waals surface area contributed by atoms with Gasteiger partial charge in [-0.3, -0.25) is 0 Å². The van der Waals surface area contributed by atoms with Crippen molar-refractivity contribution in [2.24, 2.45) is 0 Å². The van der Waals surface area contributed by atoms with Crippen LogP contribution in [0.3, 0.4) is 0 Å². The van der Waals surface area contributed by atoms with E-state index in [1.54, 1.807) is 35.3 Å². The van der Waals surface area contributed by atoms with E-state index in [1.807, 2.05) is 0 Å². The van der Waals surface area contributed by atoms with Crippen LogP contribution in [0.15, 0.2) is 54.9 Å². The Balaban J connectivity index is 1.39. The van der Waals surface area contributed by atoms with Crippen LogP contribution in [0.1, 0.15) is 0 Å². The summed E-state index contributed by atoms with van der Waals surface area (Å²) in [5.74, 6) is 0.860. The monoisotopic (exact) mass is 341 g/mol. The highest BCUT2D eigenvalue weighted by Gasteiger charge is 2.02. The molecular weight excluding hydrogens is 325 g/mol. The van der Waals surface area contributed by atoms with Gasteiger partial charge in [0.25, 0.3) is 0 Å². The largest absolute Gasteiger partial charge is 0.367 e. The minimum Gasteiger partial charge on any atom is -0.367 e. The molecule has 25 heavy (non-hydrogen) atoms. The van der Waals surface area contributed by atoms with E-state index < -0.39 is 0 Å². The van der Waals surface area contributed by atoms with Gasteiger partial charge in [0, 0.05) is 31.2 Å². The van der Waals surface area contributed by atoms with Crippen LogP contribution >= 0.6 is 0 Å². The molecule has 0 spiro atoms. The summed E-state index contributed by atoms with van der Waals surface area (Å²) < 4.78 is 14.4. The summed E-state index contributed by atoms with van der Waals surface area (Å²) in [5, 5.41) is 20.5. The van der Waals surface area contributed by atoms with Crippen molar-refractivity contribution >= 4 is 17.5 Å². The van der Waals surface area contributed by atoms with Crippen LogP contribution in [0.5, 0.6) is 0 Å². The molecule has 0 bridgehead atoms. The molecule has 2 amide bonds. The van der Waals surface area contributed by atoms with Crippen molar-refractivity contribution in [1.29, 1.82) is 0 Å². The molecule has 0 aliphatic rings. The lowest BCUT2D eigenvalue weighted by Gasteiger charge is -2.09. The molecule has 2 aromatic heterocycles. The Morgan fingerprint density at radius 1 is 1.08 bits per heavy atom. The number of hydrogen-bond donors (Lipinski definition) is 3. The Kier molecular flexibility index (Phi) is 5.15. The fourth-order valence-electron chi connectivity index (χ4n) is 2.02. The number of nitrogens with one attached hydrogen (secondary N) is 3. The highest BCUT2D eigenvalue weighted by Crippen LogP contribution is 2.07. The minimum atomic E-state index is -0.367. The zero-order valence-corrected chi connectivity index (χ0v) is 13.2. The normalized spacial score (nSPS) is 10.3. The first kappa shape index (κ1) is 16.4. The molecule has 3 aromatic rings. The standard InChI is InChI=1S/C16H16FN7O/c17-12-2-4-13(5-3-12)21-16(25)19-10-9-18-14-6-7-15(23-22-14)24-11-1-8-20-24/h1-8,11H,9-10H2,(H,18,22)(H2,19,21,25). The topological polar surface area (TPSA) is 96.8 Å².